The molecule has 0 saturated carbocycles. The first kappa shape index (κ1) is 20.9. The second-order valence-electron chi connectivity index (χ2n) is 7.65. The number of carbonyl (C=O) groups is 1. The summed E-state index contributed by atoms with van der Waals surface area (Å²) in [7, 11) is 1.56. The third-order valence-electron chi connectivity index (χ3n) is 5.26. The van der Waals surface area contributed by atoms with E-state index < -0.39 is 0 Å². The number of methoxy groups -OCH3 is 1. The molecule has 4 rings (SSSR count). The van der Waals surface area contributed by atoms with Crippen LogP contribution in [0.4, 0.5) is 4.39 Å². The highest BCUT2D eigenvalue weighted by molar-refractivity contribution is 6.15. The normalized spacial score (nSPS) is 13.6. The Labute approximate surface area is 180 Å². The molecule has 3 aromatic rings. The molecule has 1 aliphatic heterocycles. The molecule has 0 aromatic carbocycles. The molecular weight excluding hydrogens is 395 g/mol. The Morgan fingerprint density at radius 2 is 2.00 bits per heavy atom. The predicted molar refractivity (Wildman–Crippen MR) is 115 cm³/mol. The van der Waals surface area contributed by atoms with E-state index >= 15 is 0 Å². The molecule has 6 nitrogen and oxygen atoms in total. The van der Waals surface area contributed by atoms with Crippen LogP contribution in [0.1, 0.15) is 46.1 Å². The zero-order valence-corrected chi connectivity index (χ0v) is 17.5. The number of Topliss-reactive ketones (excluding diaryl/α,β-unsaturated/α-hetero) is 1. The van der Waals surface area contributed by atoms with Gasteiger partial charge in [-0.1, -0.05) is 0 Å². The molecule has 3 aromatic heterocycles. The molecule has 0 unspecified atom stereocenters. The van der Waals surface area contributed by atoms with Crippen LogP contribution in [0.3, 0.4) is 0 Å². The van der Waals surface area contributed by atoms with E-state index in [1.165, 1.54) is 18.3 Å². The molecule has 1 atom stereocenters. The number of fused-ring (bicyclic) bond motifs is 1. The van der Waals surface area contributed by atoms with Crippen molar-refractivity contribution in [3.8, 4) is 0 Å². The number of aromatic nitrogens is 3. The topological polar surface area (TPSA) is 77.3 Å². The lowest BCUT2D eigenvalue weighted by Gasteiger charge is -2.15. The summed E-state index contributed by atoms with van der Waals surface area (Å²) in [4.78, 5) is 30.3. The van der Waals surface area contributed by atoms with Gasteiger partial charge in [-0.2, -0.15) is 0 Å². The summed E-state index contributed by atoms with van der Waals surface area (Å²) in [5, 5.41) is 0. The average Bonchev–Trinajstić information content (AvgIpc) is 3.17. The molecule has 0 saturated heterocycles. The lowest BCUT2D eigenvalue weighted by atomic mass is 9.96. The van der Waals surface area contributed by atoms with Crippen LogP contribution in [-0.4, -0.2) is 40.2 Å². The second-order valence-corrected chi connectivity index (χ2v) is 7.65. The van der Waals surface area contributed by atoms with Crippen LogP contribution >= 0.6 is 0 Å². The van der Waals surface area contributed by atoms with Crippen LogP contribution in [0.5, 0.6) is 0 Å². The molecule has 0 amide bonds. The van der Waals surface area contributed by atoms with Gasteiger partial charge in [0.2, 0.25) is 0 Å². The van der Waals surface area contributed by atoms with Gasteiger partial charge in [0.15, 0.2) is 0 Å². The summed E-state index contributed by atoms with van der Waals surface area (Å²) < 4.78 is 18.8. The first-order chi connectivity index (χ1) is 15.0. The lowest BCUT2D eigenvalue weighted by molar-refractivity contribution is -0.119. The van der Waals surface area contributed by atoms with Crippen LogP contribution in [0.15, 0.2) is 53.9 Å². The van der Waals surface area contributed by atoms with Gasteiger partial charge in [-0.3, -0.25) is 24.7 Å². The van der Waals surface area contributed by atoms with Crippen LogP contribution in [0, 0.1) is 12.7 Å². The van der Waals surface area contributed by atoms with Gasteiger partial charge in [0.05, 0.1) is 18.9 Å². The highest BCUT2D eigenvalue weighted by atomic mass is 19.1. The van der Waals surface area contributed by atoms with Crippen LogP contribution in [0.2, 0.25) is 0 Å². The van der Waals surface area contributed by atoms with E-state index in [1.807, 2.05) is 25.1 Å². The third kappa shape index (κ3) is 4.88. The Hall–Kier alpha value is -3.32. The summed E-state index contributed by atoms with van der Waals surface area (Å²) >= 11 is 0. The summed E-state index contributed by atoms with van der Waals surface area (Å²) in [5.74, 6) is -0.670. The van der Waals surface area contributed by atoms with Crippen molar-refractivity contribution in [1.82, 2.24) is 15.0 Å². The number of nitrogens with zero attached hydrogens (tertiary/aromatic N) is 4. The van der Waals surface area contributed by atoms with Crippen LogP contribution < -0.4 is 0 Å². The molecule has 0 N–H and O–H groups in total. The zero-order chi connectivity index (χ0) is 21.8. The summed E-state index contributed by atoms with van der Waals surface area (Å²) in [6.07, 6.45) is 5.38. The largest absolute Gasteiger partial charge is 0.384 e. The number of aryl methyl sites for hydroxylation is 1. The van der Waals surface area contributed by atoms with Gasteiger partial charge in [-0.05, 0) is 42.8 Å². The Kier molecular flexibility index (Phi) is 6.23. The van der Waals surface area contributed by atoms with Crippen molar-refractivity contribution in [1.29, 1.82) is 0 Å². The Morgan fingerprint density at radius 3 is 2.77 bits per heavy atom. The van der Waals surface area contributed by atoms with Crippen molar-refractivity contribution in [2.75, 3.05) is 13.7 Å². The molecule has 0 bridgehead atoms. The highest BCUT2D eigenvalue weighted by Crippen LogP contribution is 2.24. The van der Waals surface area contributed by atoms with Crippen molar-refractivity contribution in [3.05, 3.63) is 88.5 Å². The van der Waals surface area contributed by atoms with Gasteiger partial charge >= 0.3 is 0 Å². The van der Waals surface area contributed by atoms with Crippen molar-refractivity contribution in [2.45, 2.75) is 32.2 Å². The first-order valence-corrected chi connectivity index (χ1v) is 10.1. The van der Waals surface area contributed by atoms with Crippen LogP contribution in [-0.2, 0) is 22.5 Å². The number of ketones is 1. The van der Waals surface area contributed by atoms with Gasteiger partial charge in [-0.15, -0.1) is 0 Å². The average molecular weight is 418 g/mol. The maximum atomic E-state index is 13.6. The third-order valence-corrected chi connectivity index (χ3v) is 5.26. The molecular formula is C24H23FN4O2. The fourth-order valence-electron chi connectivity index (χ4n) is 3.82. The second kappa shape index (κ2) is 9.22. The van der Waals surface area contributed by atoms with E-state index in [1.54, 1.807) is 19.5 Å². The molecule has 1 aliphatic rings. The van der Waals surface area contributed by atoms with E-state index in [9.17, 15) is 9.18 Å². The number of carbonyl (C=O) groups excluding carboxylic acids is 1. The number of rotatable bonds is 8. The van der Waals surface area contributed by atoms with E-state index in [4.69, 9.17) is 4.74 Å². The minimum absolute atomic E-state index is 0.00413. The summed E-state index contributed by atoms with van der Waals surface area (Å²) in [6.45, 7) is 2.81. The number of hydrogen-bond donors (Lipinski definition) is 0. The SMILES string of the molecule is COC[C@@H](CC(=O)Cc1cc2c(cn1)C(c1ccnc(C)c1)=NC2)c1cc(F)ccn1. The number of ether oxygens (including phenoxy) is 1. The van der Waals surface area contributed by atoms with E-state index in [0.717, 1.165) is 28.1 Å². The minimum Gasteiger partial charge on any atom is -0.384 e. The fraction of sp³-hybridized carbons (Fsp3) is 0.292. The minimum atomic E-state index is -0.376. The van der Waals surface area contributed by atoms with Gasteiger partial charge < -0.3 is 4.74 Å². The predicted octanol–water partition coefficient (Wildman–Crippen LogP) is 3.60. The molecule has 4 heterocycles. The number of pyridine rings is 3. The molecule has 0 radical (unpaired) electrons. The zero-order valence-electron chi connectivity index (χ0n) is 17.5. The van der Waals surface area contributed by atoms with Gasteiger partial charge in [0.1, 0.15) is 11.6 Å². The number of hydrogen-bond acceptors (Lipinski definition) is 6. The Balaban J connectivity index is 1.46. The molecule has 7 heteroatoms. The van der Waals surface area contributed by atoms with Crippen molar-refractivity contribution < 1.29 is 13.9 Å². The first-order valence-electron chi connectivity index (χ1n) is 10.1. The Morgan fingerprint density at radius 1 is 1.16 bits per heavy atom. The molecule has 0 fully saturated rings. The van der Waals surface area contributed by atoms with Gasteiger partial charge in [-0.25, -0.2) is 4.39 Å². The van der Waals surface area contributed by atoms with E-state index in [0.29, 0.717) is 24.5 Å². The van der Waals surface area contributed by atoms with Crippen LogP contribution in [0.25, 0.3) is 0 Å². The maximum Gasteiger partial charge on any atom is 0.139 e. The molecule has 0 aliphatic carbocycles. The summed E-state index contributed by atoms with van der Waals surface area (Å²) in [5.41, 5.74) is 6.12. The van der Waals surface area contributed by atoms with Crippen molar-refractivity contribution >= 4 is 11.5 Å². The smallest absolute Gasteiger partial charge is 0.139 e. The van der Waals surface area contributed by atoms with Crippen molar-refractivity contribution in [2.24, 2.45) is 4.99 Å². The number of halogens is 1. The van der Waals surface area contributed by atoms with E-state index in [-0.39, 0.29) is 30.4 Å². The molecule has 0 spiro atoms. The molecule has 31 heavy (non-hydrogen) atoms. The fourth-order valence-corrected chi connectivity index (χ4v) is 3.82. The van der Waals surface area contributed by atoms with Crippen molar-refractivity contribution in [3.63, 3.8) is 0 Å². The number of aliphatic imine (C=N–C) groups is 1. The van der Waals surface area contributed by atoms with E-state index in [2.05, 4.69) is 19.9 Å². The lowest BCUT2D eigenvalue weighted by Crippen LogP contribution is -2.16. The monoisotopic (exact) mass is 418 g/mol. The summed E-state index contributed by atoms with van der Waals surface area (Å²) in [6, 6.07) is 8.53. The Bertz CT molecular complexity index is 1150. The maximum absolute atomic E-state index is 13.6. The quantitative estimate of drug-likeness (QED) is 0.559. The van der Waals surface area contributed by atoms with Gasteiger partial charge in [0.25, 0.3) is 0 Å². The van der Waals surface area contributed by atoms with Gasteiger partial charge in [0, 0.05) is 72.7 Å². The molecule has 158 valence electrons. The standard InChI is InChI=1S/C24H23FN4O2/c1-15-7-16(3-5-26-15)24-22-13-28-20(8-17(22)12-29-24)11-21(30)9-18(14-31-2)23-10-19(25)4-6-27-23/h3-8,10,13,18H,9,11-12,14H2,1-2H3/t18-/m1/s1. The highest BCUT2D eigenvalue weighted by Gasteiger charge is 2.21.